The highest BCUT2D eigenvalue weighted by atomic mass is 32.2. The lowest BCUT2D eigenvalue weighted by molar-refractivity contribution is -0.136. The predicted octanol–water partition coefficient (Wildman–Crippen LogP) is -0.664. The first-order chi connectivity index (χ1) is 6.95. The second-order valence-electron chi connectivity index (χ2n) is 3.61. The van der Waals surface area contributed by atoms with E-state index in [-0.39, 0.29) is 11.8 Å². The zero-order chi connectivity index (χ0) is 11.5. The highest BCUT2D eigenvalue weighted by Crippen LogP contribution is 2.18. The Balaban J connectivity index is 2.46. The van der Waals surface area contributed by atoms with Crippen LogP contribution in [0.25, 0.3) is 0 Å². The van der Waals surface area contributed by atoms with E-state index in [1.54, 1.807) is 0 Å². The van der Waals surface area contributed by atoms with Gasteiger partial charge in [0.05, 0.1) is 13.4 Å². The second-order valence-corrected chi connectivity index (χ2v) is 5.59. The second kappa shape index (κ2) is 4.91. The van der Waals surface area contributed by atoms with Crippen LogP contribution in [0.15, 0.2) is 0 Å². The average molecular weight is 236 g/mol. The lowest BCUT2D eigenvalue weighted by Gasteiger charge is -2.29. The van der Waals surface area contributed by atoms with Gasteiger partial charge in [-0.25, -0.2) is 18.2 Å². The molecular weight excluding hydrogens is 220 g/mol. The van der Waals surface area contributed by atoms with Gasteiger partial charge >= 0.3 is 0 Å². The molecule has 1 heterocycles. The third-order valence-corrected chi connectivity index (χ3v) is 3.80. The third kappa shape index (κ3) is 3.44. The van der Waals surface area contributed by atoms with E-state index < -0.39 is 10.0 Å². The van der Waals surface area contributed by atoms with Crippen molar-refractivity contribution in [2.45, 2.75) is 12.8 Å². The van der Waals surface area contributed by atoms with Crippen LogP contribution in [-0.4, -0.2) is 45.1 Å². The predicted molar refractivity (Wildman–Crippen MR) is 54.3 cm³/mol. The molecule has 0 bridgehead atoms. The number of carbonyl (C=O) groups is 1. The molecule has 0 spiro atoms. The zero-order valence-electron chi connectivity index (χ0n) is 8.89. The summed E-state index contributed by atoms with van der Waals surface area (Å²) in [6.07, 6.45) is 2.27. The molecule has 0 aliphatic carbocycles. The fourth-order valence-electron chi connectivity index (χ4n) is 1.63. The van der Waals surface area contributed by atoms with E-state index in [9.17, 15) is 13.2 Å². The fourth-order valence-corrected chi connectivity index (χ4v) is 2.51. The van der Waals surface area contributed by atoms with Crippen LogP contribution in [0.3, 0.4) is 0 Å². The topological polar surface area (TPSA) is 75.7 Å². The molecule has 1 fully saturated rings. The molecule has 1 N–H and O–H groups in total. The molecule has 0 unspecified atom stereocenters. The van der Waals surface area contributed by atoms with Crippen LogP contribution in [0, 0.1) is 5.92 Å². The summed E-state index contributed by atoms with van der Waals surface area (Å²) in [6.45, 7) is 0.807. The first-order valence-corrected chi connectivity index (χ1v) is 6.58. The number of piperidine rings is 1. The van der Waals surface area contributed by atoms with Gasteiger partial charge in [-0.2, -0.15) is 0 Å². The van der Waals surface area contributed by atoms with Crippen LogP contribution in [-0.2, 0) is 19.7 Å². The quantitative estimate of drug-likeness (QED) is 0.660. The monoisotopic (exact) mass is 236 g/mol. The number of sulfonamides is 1. The maximum absolute atomic E-state index is 11.4. The average Bonchev–Trinajstić information content (AvgIpc) is 2.17. The van der Waals surface area contributed by atoms with Crippen LogP contribution in [0.4, 0.5) is 0 Å². The Labute approximate surface area is 89.6 Å². The molecule has 15 heavy (non-hydrogen) atoms. The van der Waals surface area contributed by atoms with Crippen molar-refractivity contribution >= 4 is 15.9 Å². The van der Waals surface area contributed by atoms with Crippen molar-refractivity contribution in [1.29, 1.82) is 0 Å². The number of hydrogen-bond donors (Lipinski definition) is 1. The number of hydrogen-bond acceptors (Lipinski definition) is 4. The molecule has 88 valence electrons. The molecule has 1 aliphatic rings. The van der Waals surface area contributed by atoms with Gasteiger partial charge in [0.1, 0.15) is 0 Å². The number of hydroxylamine groups is 1. The van der Waals surface area contributed by atoms with Crippen LogP contribution in [0.1, 0.15) is 12.8 Å². The number of nitrogens with one attached hydrogen (secondary N) is 1. The van der Waals surface area contributed by atoms with E-state index in [2.05, 4.69) is 10.3 Å². The number of amides is 1. The molecule has 6 nitrogen and oxygen atoms in total. The molecule has 0 radical (unpaired) electrons. The van der Waals surface area contributed by atoms with Gasteiger partial charge in [0.25, 0.3) is 0 Å². The minimum absolute atomic E-state index is 0.150. The molecule has 1 amide bonds. The van der Waals surface area contributed by atoms with E-state index in [4.69, 9.17) is 0 Å². The number of rotatable bonds is 3. The van der Waals surface area contributed by atoms with Crippen LogP contribution in [0.5, 0.6) is 0 Å². The molecule has 0 saturated carbocycles. The third-order valence-electron chi connectivity index (χ3n) is 2.50. The maximum atomic E-state index is 11.4. The van der Waals surface area contributed by atoms with Gasteiger partial charge in [0, 0.05) is 19.0 Å². The molecule has 0 atom stereocenters. The molecular formula is C8H16N2O4S. The summed E-state index contributed by atoms with van der Waals surface area (Å²) in [5.41, 5.74) is 2.26. The smallest absolute Gasteiger partial charge is 0.246 e. The van der Waals surface area contributed by atoms with Crippen LogP contribution >= 0.6 is 0 Å². The van der Waals surface area contributed by atoms with E-state index in [0.717, 1.165) is 0 Å². The molecule has 1 saturated heterocycles. The summed E-state index contributed by atoms with van der Waals surface area (Å²) < 4.78 is 23.8. The van der Waals surface area contributed by atoms with Gasteiger partial charge in [0.2, 0.25) is 15.9 Å². The highest BCUT2D eigenvalue weighted by Gasteiger charge is 2.28. The molecule has 1 rings (SSSR count). The van der Waals surface area contributed by atoms with Gasteiger partial charge in [-0.15, -0.1) is 0 Å². The van der Waals surface area contributed by atoms with Crippen LogP contribution < -0.4 is 5.48 Å². The summed E-state index contributed by atoms with van der Waals surface area (Å²) in [7, 11) is -1.74. The Morgan fingerprint density at radius 3 is 2.33 bits per heavy atom. The summed E-state index contributed by atoms with van der Waals surface area (Å²) in [5.74, 6) is -0.325. The molecule has 0 aromatic heterocycles. The minimum atomic E-state index is -3.12. The number of carbonyl (C=O) groups excluding carboxylic acids is 1. The minimum Gasteiger partial charge on any atom is -0.277 e. The van der Waals surface area contributed by atoms with E-state index in [1.807, 2.05) is 0 Å². The SMILES string of the molecule is CONC(=O)C1CCN(S(C)(=O)=O)CC1. The first-order valence-electron chi connectivity index (χ1n) is 4.73. The lowest BCUT2D eigenvalue weighted by Crippen LogP contribution is -2.42. The fraction of sp³-hybridized carbons (Fsp3) is 0.875. The highest BCUT2D eigenvalue weighted by molar-refractivity contribution is 7.88. The van der Waals surface area contributed by atoms with E-state index in [0.29, 0.717) is 25.9 Å². The number of nitrogens with zero attached hydrogens (tertiary/aromatic N) is 1. The normalized spacial score (nSPS) is 20.1. The summed E-state index contributed by atoms with van der Waals surface area (Å²) >= 11 is 0. The van der Waals surface area contributed by atoms with Crippen LogP contribution in [0.2, 0.25) is 0 Å². The van der Waals surface area contributed by atoms with Gasteiger partial charge < -0.3 is 0 Å². The van der Waals surface area contributed by atoms with Crippen molar-refractivity contribution in [3.05, 3.63) is 0 Å². The van der Waals surface area contributed by atoms with Crippen molar-refractivity contribution < 1.29 is 18.0 Å². The van der Waals surface area contributed by atoms with Gasteiger partial charge in [-0.1, -0.05) is 0 Å². The standard InChI is InChI=1S/C8H16N2O4S/c1-14-9-8(11)7-3-5-10(6-4-7)15(2,12)13/h7H,3-6H2,1-2H3,(H,9,11). The van der Waals surface area contributed by atoms with Crippen molar-refractivity contribution in [2.24, 2.45) is 5.92 Å². The van der Waals surface area contributed by atoms with Gasteiger partial charge in [-0.3, -0.25) is 9.63 Å². The molecule has 0 aromatic rings. The van der Waals surface area contributed by atoms with Gasteiger partial charge in [-0.05, 0) is 12.8 Å². The zero-order valence-corrected chi connectivity index (χ0v) is 9.71. The Hall–Kier alpha value is -0.660. The van der Waals surface area contributed by atoms with Crippen molar-refractivity contribution in [2.75, 3.05) is 26.5 Å². The molecule has 7 heteroatoms. The van der Waals surface area contributed by atoms with E-state index in [1.165, 1.54) is 17.7 Å². The van der Waals surface area contributed by atoms with Crippen molar-refractivity contribution in [1.82, 2.24) is 9.79 Å². The van der Waals surface area contributed by atoms with Gasteiger partial charge in [0.15, 0.2) is 0 Å². The lowest BCUT2D eigenvalue weighted by atomic mass is 9.98. The summed E-state index contributed by atoms with van der Waals surface area (Å²) in [4.78, 5) is 15.9. The Bertz CT molecular complexity index is 320. The largest absolute Gasteiger partial charge is 0.277 e. The van der Waals surface area contributed by atoms with Crippen molar-refractivity contribution in [3.8, 4) is 0 Å². The Morgan fingerprint density at radius 1 is 1.40 bits per heavy atom. The first kappa shape index (κ1) is 12.4. The Morgan fingerprint density at radius 2 is 1.93 bits per heavy atom. The molecule has 1 aliphatic heterocycles. The Kier molecular flexibility index (Phi) is 4.06. The van der Waals surface area contributed by atoms with E-state index >= 15 is 0 Å². The maximum Gasteiger partial charge on any atom is 0.246 e. The van der Waals surface area contributed by atoms with Crippen molar-refractivity contribution in [3.63, 3.8) is 0 Å². The summed E-state index contributed by atoms with van der Waals surface area (Å²) in [6, 6.07) is 0. The summed E-state index contributed by atoms with van der Waals surface area (Å²) in [5, 5.41) is 0. The molecule has 0 aromatic carbocycles.